The van der Waals surface area contributed by atoms with E-state index in [4.69, 9.17) is 10.2 Å². The number of carboxylic acids is 1. The molecule has 0 aliphatic carbocycles. The number of rotatable bonds is 4. The van der Waals surface area contributed by atoms with Gasteiger partial charge in [0.2, 0.25) is 0 Å². The minimum atomic E-state index is -0.884. The van der Waals surface area contributed by atoms with Crippen LogP contribution in [0.25, 0.3) is 0 Å². The van der Waals surface area contributed by atoms with E-state index >= 15 is 0 Å². The summed E-state index contributed by atoms with van der Waals surface area (Å²) in [5.74, 6) is -0.697. The number of hydrogen-bond donors (Lipinski definition) is 3. The van der Waals surface area contributed by atoms with Crippen molar-refractivity contribution in [2.75, 3.05) is 0 Å². The molecule has 0 saturated heterocycles. The van der Waals surface area contributed by atoms with Crippen molar-refractivity contribution in [2.45, 2.75) is 19.5 Å². The van der Waals surface area contributed by atoms with Gasteiger partial charge in [-0.25, -0.2) is 0 Å². The summed E-state index contributed by atoms with van der Waals surface area (Å²) in [5, 5.41) is 20.6. The molecule has 1 atom stereocenters. The largest absolute Gasteiger partial charge is 0.508 e. The molecule has 0 fully saturated rings. The van der Waals surface area contributed by atoms with Crippen LogP contribution in [0, 0.1) is 0 Å². The summed E-state index contributed by atoms with van der Waals surface area (Å²) >= 11 is 0. The minimum Gasteiger partial charge on any atom is -0.508 e. The predicted octanol–water partition coefficient (Wildman–Crippen LogP) is 0.955. The summed E-state index contributed by atoms with van der Waals surface area (Å²) in [5.41, 5.74) is 0.859. The number of phenols is 1. The van der Waals surface area contributed by atoms with Gasteiger partial charge >= 0.3 is 5.97 Å². The highest BCUT2D eigenvalue weighted by molar-refractivity contribution is 5.72. The molecule has 1 aromatic carbocycles. The zero-order valence-electron chi connectivity index (χ0n) is 7.90. The maximum atomic E-state index is 10.5. The Balaban J connectivity index is 2.49. The third-order valence-electron chi connectivity index (χ3n) is 1.89. The fraction of sp³-hybridized carbons (Fsp3) is 0.300. The first-order chi connectivity index (χ1) is 6.59. The van der Waals surface area contributed by atoms with Crippen molar-refractivity contribution in [1.82, 2.24) is 5.32 Å². The van der Waals surface area contributed by atoms with Crippen molar-refractivity contribution in [3.05, 3.63) is 29.8 Å². The monoisotopic (exact) mass is 195 g/mol. The second-order valence-electron chi connectivity index (χ2n) is 3.11. The zero-order chi connectivity index (χ0) is 10.6. The lowest BCUT2D eigenvalue weighted by Gasteiger charge is -2.08. The second kappa shape index (κ2) is 4.62. The Morgan fingerprint density at radius 2 is 2.29 bits per heavy atom. The first-order valence-electron chi connectivity index (χ1n) is 4.33. The SMILES string of the molecule is CC(NCc1cccc(O)c1)C(=O)O. The van der Waals surface area contributed by atoms with E-state index in [2.05, 4.69) is 5.32 Å². The van der Waals surface area contributed by atoms with E-state index < -0.39 is 12.0 Å². The number of carboxylic acid groups (broad SMARTS) is 1. The van der Waals surface area contributed by atoms with Crippen molar-refractivity contribution in [3.8, 4) is 5.75 Å². The average molecular weight is 195 g/mol. The highest BCUT2D eigenvalue weighted by atomic mass is 16.4. The Hall–Kier alpha value is -1.55. The Morgan fingerprint density at radius 1 is 1.57 bits per heavy atom. The molecule has 4 heteroatoms. The van der Waals surface area contributed by atoms with Crippen molar-refractivity contribution in [2.24, 2.45) is 0 Å². The molecular formula is C10H13NO3. The van der Waals surface area contributed by atoms with Crippen molar-refractivity contribution >= 4 is 5.97 Å². The topological polar surface area (TPSA) is 69.6 Å². The third-order valence-corrected chi connectivity index (χ3v) is 1.89. The molecule has 0 aliphatic rings. The van der Waals surface area contributed by atoms with Crippen LogP contribution in [0.15, 0.2) is 24.3 Å². The van der Waals surface area contributed by atoms with Gasteiger partial charge in [-0.05, 0) is 24.6 Å². The highest BCUT2D eigenvalue weighted by Gasteiger charge is 2.08. The van der Waals surface area contributed by atoms with Crippen LogP contribution in [0.3, 0.4) is 0 Å². The van der Waals surface area contributed by atoms with E-state index in [1.807, 2.05) is 6.07 Å². The van der Waals surface area contributed by atoms with Crippen LogP contribution in [-0.4, -0.2) is 22.2 Å². The van der Waals surface area contributed by atoms with Crippen molar-refractivity contribution in [3.63, 3.8) is 0 Å². The average Bonchev–Trinajstić information content (AvgIpc) is 2.14. The van der Waals surface area contributed by atoms with Gasteiger partial charge in [-0.15, -0.1) is 0 Å². The molecule has 0 heterocycles. The fourth-order valence-corrected chi connectivity index (χ4v) is 1.02. The van der Waals surface area contributed by atoms with Gasteiger partial charge in [0.15, 0.2) is 0 Å². The smallest absolute Gasteiger partial charge is 0.320 e. The van der Waals surface area contributed by atoms with Gasteiger partial charge in [0.25, 0.3) is 0 Å². The van der Waals surface area contributed by atoms with Crippen LogP contribution in [-0.2, 0) is 11.3 Å². The maximum Gasteiger partial charge on any atom is 0.320 e. The van der Waals surface area contributed by atoms with Gasteiger partial charge in [0, 0.05) is 6.54 Å². The van der Waals surface area contributed by atoms with E-state index in [1.165, 1.54) is 0 Å². The van der Waals surface area contributed by atoms with Crippen LogP contribution in [0.2, 0.25) is 0 Å². The molecule has 76 valence electrons. The molecule has 0 aliphatic heterocycles. The number of phenolic OH excluding ortho intramolecular Hbond substituents is 1. The van der Waals surface area contributed by atoms with Crippen molar-refractivity contribution < 1.29 is 15.0 Å². The predicted molar refractivity (Wildman–Crippen MR) is 52.0 cm³/mol. The Kier molecular flexibility index (Phi) is 3.48. The van der Waals surface area contributed by atoms with E-state index in [9.17, 15) is 4.79 Å². The number of aliphatic carboxylic acids is 1. The molecule has 0 bridgehead atoms. The fourth-order valence-electron chi connectivity index (χ4n) is 1.02. The van der Waals surface area contributed by atoms with Gasteiger partial charge < -0.3 is 15.5 Å². The number of carbonyl (C=O) groups is 1. The molecule has 1 unspecified atom stereocenters. The lowest BCUT2D eigenvalue weighted by molar-refractivity contribution is -0.139. The number of aromatic hydroxyl groups is 1. The number of nitrogens with one attached hydrogen (secondary N) is 1. The van der Waals surface area contributed by atoms with Crippen LogP contribution in [0.5, 0.6) is 5.75 Å². The third kappa shape index (κ3) is 3.06. The summed E-state index contributed by atoms with van der Waals surface area (Å²) in [6, 6.07) is 6.13. The molecule has 0 saturated carbocycles. The van der Waals surface area contributed by atoms with Gasteiger partial charge in [-0.1, -0.05) is 12.1 Å². The quantitative estimate of drug-likeness (QED) is 0.669. The molecular weight excluding hydrogens is 182 g/mol. The van der Waals surface area contributed by atoms with Crippen LogP contribution >= 0.6 is 0 Å². The standard InChI is InChI=1S/C10H13NO3/c1-7(10(13)14)11-6-8-3-2-4-9(12)5-8/h2-5,7,11-12H,6H2,1H3,(H,13,14). The normalized spacial score (nSPS) is 12.4. The molecule has 1 aromatic rings. The van der Waals surface area contributed by atoms with Gasteiger partial charge in [-0.3, -0.25) is 4.79 Å². The lowest BCUT2D eigenvalue weighted by atomic mass is 10.2. The van der Waals surface area contributed by atoms with Gasteiger partial charge in [0.05, 0.1) is 0 Å². The summed E-state index contributed by atoms with van der Waals surface area (Å²) in [6.45, 7) is 2.01. The second-order valence-corrected chi connectivity index (χ2v) is 3.11. The van der Waals surface area contributed by atoms with Crippen LogP contribution in [0.4, 0.5) is 0 Å². The highest BCUT2D eigenvalue weighted by Crippen LogP contribution is 2.10. The van der Waals surface area contributed by atoms with Gasteiger partial charge in [-0.2, -0.15) is 0 Å². The summed E-state index contributed by atoms with van der Waals surface area (Å²) < 4.78 is 0. The first kappa shape index (κ1) is 10.5. The van der Waals surface area contributed by atoms with Crippen molar-refractivity contribution in [1.29, 1.82) is 0 Å². The molecule has 0 aromatic heterocycles. The Bertz CT molecular complexity index is 325. The molecule has 1 rings (SSSR count). The maximum absolute atomic E-state index is 10.5. The summed E-state index contributed by atoms with van der Waals surface area (Å²) in [7, 11) is 0. The summed E-state index contributed by atoms with van der Waals surface area (Å²) in [6.07, 6.45) is 0. The number of hydrogen-bond acceptors (Lipinski definition) is 3. The lowest BCUT2D eigenvalue weighted by Crippen LogP contribution is -2.33. The molecule has 0 amide bonds. The van der Waals surface area contributed by atoms with E-state index in [0.29, 0.717) is 6.54 Å². The zero-order valence-corrected chi connectivity index (χ0v) is 7.90. The van der Waals surface area contributed by atoms with E-state index in [1.54, 1.807) is 25.1 Å². The number of benzene rings is 1. The van der Waals surface area contributed by atoms with Gasteiger partial charge in [0.1, 0.15) is 11.8 Å². The molecule has 4 nitrogen and oxygen atoms in total. The first-order valence-corrected chi connectivity index (χ1v) is 4.33. The van der Waals surface area contributed by atoms with E-state index in [0.717, 1.165) is 5.56 Å². The van der Waals surface area contributed by atoms with Crippen LogP contribution < -0.4 is 5.32 Å². The molecule has 0 radical (unpaired) electrons. The molecule has 0 spiro atoms. The minimum absolute atomic E-state index is 0.187. The van der Waals surface area contributed by atoms with E-state index in [-0.39, 0.29) is 5.75 Å². The molecule has 14 heavy (non-hydrogen) atoms. The summed E-state index contributed by atoms with van der Waals surface area (Å²) in [4.78, 5) is 10.5. The Morgan fingerprint density at radius 3 is 2.86 bits per heavy atom. The Labute approximate surface area is 82.2 Å². The molecule has 3 N–H and O–H groups in total. The van der Waals surface area contributed by atoms with Crippen LogP contribution in [0.1, 0.15) is 12.5 Å².